The van der Waals surface area contributed by atoms with Gasteiger partial charge in [0.15, 0.2) is 0 Å². The number of carboxylic acids is 1. The van der Waals surface area contributed by atoms with Crippen molar-refractivity contribution in [1.82, 2.24) is 4.90 Å². The maximum Gasteiger partial charge on any atom is 0.326 e. The SMILES string of the molecule is CCCCN([C]=O)C(CCC)C(=O)O. The van der Waals surface area contributed by atoms with E-state index >= 15 is 0 Å². The molecule has 81 valence electrons. The first kappa shape index (κ1) is 12.9. The number of hydrogen-bond acceptors (Lipinski definition) is 2. The van der Waals surface area contributed by atoms with Gasteiger partial charge in [0.05, 0.1) is 0 Å². The molecule has 0 aromatic heterocycles. The lowest BCUT2D eigenvalue weighted by atomic mass is 10.1. The van der Waals surface area contributed by atoms with Crippen LogP contribution >= 0.6 is 0 Å². The summed E-state index contributed by atoms with van der Waals surface area (Å²) < 4.78 is 0. The number of carbonyl (C=O) groups excluding carboxylic acids is 1. The molecule has 1 unspecified atom stereocenters. The van der Waals surface area contributed by atoms with Gasteiger partial charge in [-0.1, -0.05) is 26.7 Å². The Morgan fingerprint density at radius 2 is 2.07 bits per heavy atom. The molecule has 0 saturated heterocycles. The van der Waals surface area contributed by atoms with Gasteiger partial charge >= 0.3 is 12.4 Å². The molecular formula is C10H18NO3. The number of carbonyl (C=O) groups is 1. The molecule has 4 heteroatoms. The number of rotatable bonds is 8. The first-order chi connectivity index (χ1) is 6.67. The van der Waals surface area contributed by atoms with E-state index in [4.69, 9.17) is 5.11 Å². The largest absolute Gasteiger partial charge is 0.480 e. The van der Waals surface area contributed by atoms with E-state index in [0.29, 0.717) is 13.0 Å². The highest BCUT2D eigenvalue weighted by Gasteiger charge is 2.23. The zero-order valence-electron chi connectivity index (χ0n) is 8.82. The van der Waals surface area contributed by atoms with Crippen LogP contribution in [-0.4, -0.2) is 35.0 Å². The summed E-state index contributed by atoms with van der Waals surface area (Å²) in [6.07, 6.45) is 4.71. The summed E-state index contributed by atoms with van der Waals surface area (Å²) in [6.45, 7) is 4.38. The lowest BCUT2D eigenvalue weighted by Gasteiger charge is -2.23. The molecule has 0 aliphatic carbocycles. The standard InChI is InChI=1S/C10H18NO3/c1-3-5-7-11(8-12)9(6-4-2)10(13)14/h9H,3-7H2,1-2H3,(H,13,14). The van der Waals surface area contributed by atoms with Gasteiger partial charge < -0.3 is 10.0 Å². The van der Waals surface area contributed by atoms with Crippen molar-refractivity contribution in [3.8, 4) is 0 Å². The van der Waals surface area contributed by atoms with Crippen LogP contribution in [0.15, 0.2) is 0 Å². The molecule has 4 nitrogen and oxygen atoms in total. The van der Waals surface area contributed by atoms with Crippen LogP contribution in [0.2, 0.25) is 0 Å². The Labute approximate surface area is 84.9 Å². The maximum atomic E-state index is 10.8. The Morgan fingerprint density at radius 1 is 1.43 bits per heavy atom. The van der Waals surface area contributed by atoms with E-state index in [1.54, 1.807) is 6.41 Å². The third-order valence-electron chi connectivity index (χ3n) is 2.09. The number of aliphatic carboxylic acids is 1. The monoisotopic (exact) mass is 200 g/mol. The fourth-order valence-electron chi connectivity index (χ4n) is 1.28. The molecule has 0 aliphatic rings. The molecule has 0 aromatic carbocycles. The lowest BCUT2D eigenvalue weighted by Crippen LogP contribution is -2.40. The van der Waals surface area contributed by atoms with Crippen LogP contribution < -0.4 is 0 Å². The van der Waals surface area contributed by atoms with E-state index < -0.39 is 12.0 Å². The van der Waals surface area contributed by atoms with E-state index in [9.17, 15) is 9.59 Å². The van der Waals surface area contributed by atoms with Crippen LogP contribution in [0.5, 0.6) is 0 Å². The Hall–Kier alpha value is -1.06. The van der Waals surface area contributed by atoms with Crippen molar-refractivity contribution in [3.63, 3.8) is 0 Å². The van der Waals surface area contributed by atoms with Gasteiger partial charge in [0.25, 0.3) is 0 Å². The molecule has 14 heavy (non-hydrogen) atoms. The second-order valence-corrected chi connectivity index (χ2v) is 3.28. The summed E-state index contributed by atoms with van der Waals surface area (Å²) >= 11 is 0. The van der Waals surface area contributed by atoms with Crippen LogP contribution in [0.25, 0.3) is 0 Å². The fraction of sp³-hybridized carbons (Fsp3) is 0.800. The Morgan fingerprint density at radius 3 is 2.43 bits per heavy atom. The minimum Gasteiger partial charge on any atom is -0.480 e. The Kier molecular flexibility index (Phi) is 6.80. The zero-order chi connectivity index (χ0) is 11.0. The number of hydrogen-bond donors (Lipinski definition) is 1. The van der Waals surface area contributed by atoms with E-state index in [1.807, 2.05) is 13.8 Å². The highest BCUT2D eigenvalue weighted by atomic mass is 16.4. The van der Waals surface area contributed by atoms with Crippen molar-refractivity contribution in [3.05, 3.63) is 0 Å². The second kappa shape index (κ2) is 7.35. The van der Waals surface area contributed by atoms with Gasteiger partial charge in [0.1, 0.15) is 6.04 Å². The third-order valence-corrected chi connectivity index (χ3v) is 2.09. The molecule has 1 N–H and O–H groups in total. The Balaban J connectivity index is 4.25. The summed E-state index contributed by atoms with van der Waals surface area (Å²) in [6, 6.07) is -0.705. The molecule has 0 aromatic rings. The normalized spacial score (nSPS) is 12.1. The van der Waals surface area contributed by atoms with Gasteiger partial charge in [0, 0.05) is 6.54 Å². The summed E-state index contributed by atoms with van der Waals surface area (Å²) in [5.41, 5.74) is 0. The molecule has 1 radical (unpaired) electrons. The smallest absolute Gasteiger partial charge is 0.326 e. The highest BCUT2D eigenvalue weighted by molar-refractivity contribution is 5.76. The number of amides is 1. The van der Waals surface area contributed by atoms with Gasteiger partial charge in [-0.2, -0.15) is 0 Å². The van der Waals surface area contributed by atoms with Crippen LogP contribution in [0.4, 0.5) is 0 Å². The van der Waals surface area contributed by atoms with E-state index in [0.717, 1.165) is 19.3 Å². The predicted octanol–water partition coefficient (Wildman–Crippen LogP) is 1.41. The van der Waals surface area contributed by atoms with Crippen LogP contribution in [0.1, 0.15) is 39.5 Å². The average molecular weight is 200 g/mol. The van der Waals surface area contributed by atoms with Crippen molar-refractivity contribution < 1.29 is 14.7 Å². The topological polar surface area (TPSA) is 57.6 Å². The summed E-state index contributed by atoms with van der Waals surface area (Å²) in [7, 11) is 0. The summed E-state index contributed by atoms with van der Waals surface area (Å²) in [4.78, 5) is 22.7. The van der Waals surface area contributed by atoms with Crippen molar-refractivity contribution in [2.24, 2.45) is 0 Å². The fourth-order valence-corrected chi connectivity index (χ4v) is 1.28. The molecule has 1 atom stereocenters. The molecular weight excluding hydrogens is 182 g/mol. The van der Waals surface area contributed by atoms with E-state index in [1.165, 1.54) is 4.90 Å². The molecule has 0 fully saturated rings. The molecule has 0 aliphatic heterocycles. The second-order valence-electron chi connectivity index (χ2n) is 3.28. The molecule has 0 heterocycles. The first-order valence-corrected chi connectivity index (χ1v) is 5.04. The van der Waals surface area contributed by atoms with E-state index in [-0.39, 0.29) is 0 Å². The van der Waals surface area contributed by atoms with Crippen LogP contribution in [-0.2, 0) is 9.59 Å². The van der Waals surface area contributed by atoms with E-state index in [2.05, 4.69) is 0 Å². The highest BCUT2D eigenvalue weighted by Crippen LogP contribution is 2.07. The maximum absolute atomic E-state index is 10.8. The van der Waals surface area contributed by atoms with Gasteiger partial charge in [-0.05, 0) is 12.8 Å². The summed E-state index contributed by atoms with van der Waals surface area (Å²) in [5, 5.41) is 8.88. The predicted molar refractivity (Wildman–Crippen MR) is 53.6 cm³/mol. The van der Waals surface area contributed by atoms with Crippen LogP contribution in [0, 0.1) is 0 Å². The molecule has 0 bridgehead atoms. The van der Waals surface area contributed by atoms with Gasteiger partial charge in [0.2, 0.25) is 0 Å². The minimum atomic E-state index is -0.939. The lowest BCUT2D eigenvalue weighted by molar-refractivity contribution is -0.142. The molecule has 0 rings (SSSR count). The van der Waals surface area contributed by atoms with Crippen LogP contribution in [0.3, 0.4) is 0 Å². The average Bonchev–Trinajstić information content (AvgIpc) is 2.17. The van der Waals surface area contributed by atoms with Crippen molar-refractivity contribution in [2.75, 3.05) is 6.54 Å². The number of carboxylic acid groups (broad SMARTS) is 1. The van der Waals surface area contributed by atoms with Gasteiger partial charge in [-0.15, -0.1) is 0 Å². The van der Waals surface area contributed by atoms with Crippen molar-refractivity contribution in [2.45, 2.75) is 45.6 Å². The third kappa shape index (κ3) is 4.25. The summed E-state index contributed by atoms with van der Waals surface area (Å²) in [5.74, 6) is -0.939. The molecule has 1 amide bonds. The first-order valence-electron chi connectivity index (χ1n) is 5.04. The van der Waals surface area contributed by atoms with Gasteiger partial charge in [-0.3, -0.25) is 4.79 Å². The van der Waals surface area contributed by atoms with Crippen molar-refractivity contribution >= 4 is 12.4 Å². The quantitative estimate of drug-likeness (QED) is 0.603. The minimum absolute atomic E-state index is 0.483. The van der Waals surface area contributed by atoms with Crippen molar-refractivity contribution in [1.29, 1.82) is 0 Å². The number of nitrogens with zero attached hydrogens (tertiary/aromatic N) is 1. The Bertz CT molecular complexity index is 182. The molecule has 0 spiro atoms. The molecule has 0 saturated carbocycles. The number of unbranched alkanes of at least 4 members (excludes halogenated alkanes) is 1. The zero-order valence-corrected chi connectivity index (χ0v) is 8.82. The van der Waals surface area contributed by atoms with Gasteiger partial charge in [-0.25, -0.2) is 4.79 Å².